The zero-order valence-corrected chi connectivity index (χ0v) is 11.3. The molecule has 88 valence electrons. The third kappa shape index (κ3) is 3.06. The van der Waals surface area contributed by atoms with Gasteiger partial charge in [0.15, 0.2) is 0 Å². The van der Waals surface area contributed by atoms with E-state index in [1.54, 1.807) is 6.07 Å². The van der Waals surface area contributed by atoms with Gasteiger partial charge in [-0.15, -0.1) is 0 Å². The normalized spacial score (nSPS) is 10.4. The number of nitrogens with one attached hydrogen (secondary N) is 1. The molecular formula is C10H5BrCl2FN3. The van der Waals surface area contributed by atoms with Crippen LogP contribution in [0.15, 0.2) is 29.1 Å². The zero-order chi connectivity index (χ0) is 12.4. The molecule has 0 saturated carbocycles. The molecule has 0 amide bonds. The smallest absolute Gasteiger partial charge is 0.134 e. The molecule has 3 nitrogen and oxygen atoms in total. The minimum Gasteiger partial charge on any atom is -0.338 e. The average Bonchev–Trinajstić information content (AvgIpc) is 2.23. The lowest BCUT2D eigenvalue weighted by atomic mass is 10.3. The summed E-state index contributed by atoms with van der Waals surface area (Å²) >= 11 is 15.0. The Balaban J connectivity index is 2.36. The van der Waals surface area contributed by atoms with Crippen molar-refractivity contribution >= 4 is 50.6 Å². The number of nitrogens with zero attached hydrogens (tertiary/aromatic N) is 2. The first kappa shape index (κ1) is 12.5. The summed E-state index contributed by atoms with van der Waals surface area (Å²) in [5.74, 6) is 0.0108. The molecule has 1 N–H and O–H groups in total. The first-order chi connectivity index (χ1) is 8.06. The summed E-state index contributed by atoms with van der Waals surface area (Å²) in [6.45, 7) is 0. The van der Waals surface area contributed by atoms with E-state index in [9.17, 15) is 4.39 Å². The van der Waals surface area contributed by atoms with Crippen LogP contribution in [0.1, 0.15) is 0 Å². The second-order valence-corrected chi connectivity index (χ2v) is 4.72. The molecule has 0 spiro atoms. The Morgan fingerprint density at radius 3 is 2.35 bits per heavy atom. The molecule has 2 rings (SSSR count). The van der Waals surface area contributed by atoms with Crippen LogP contribution in [0.5, 0.6) is 0 Å². The highest BCUT2D eigenvalue weighted by molar-refractivity contribution is 9.10. The van der Waals surface area contributed by atoms with Crippen molar-refractivity contribution in [2.45, 2.75) is 0 Å². The molecule has 2 aromatic rings. The van der Waals surface area contributed by atoms with Crippen molar-refractivity contribution in [1.82, 2.24) is 9.97 Å². The maximum atomic E-state index is 13.0. The largest absolute Gasteiger partial charge is 0.338 e. The first-order valence-corrected chi connectivity index (χ1v) is 6.00. The zero-order valence-electron chi connectivity index (χ0n) is 8.22. The van der Waals surface area contributed by atoms with Gasteiger partial charge in [0.05, 0.1) is 15.7 Å². The van der Waals surface area contributed by atoms with E-state index in [1.165, 1.54) is 18.5 Å². The van der Waals surface area contributed by atoms with Crippen LogP contribution in [0, 0.1) is 5.82 Å². The van der Waals surface area contributed by atoms with Gasteiger partial charge in [-0.25, -0.2) is 14.4 Å². The van der Waals surface area contributed by atoms with Crippen molar-refractivity contribution in [1.29, 1.82) is 0 Å². The van der Waals surface area contributed by atoms with E-state index < -0.39 is 5.82 Å². The summed E-state index contributed by atoms with van der Waals surface area (Å²) in [4.78, 5) is 7.86. The minimum atomic E-state index is -0.491. The molecular weight excluding hydrogens is 332 g/mol. The van der Waals surface area contributed by atoms with Crippen LogP contribution in [0.4, 0.5) is 15.9 Å². The standard InChI is InChI=1S/C10H5BrCl2FN3/c11-8-3-9(16-4-15-8)17-10-6(12)1-5(14)2-7(10)13/h1-4H,(H,15,16,17). The van der Waals surface area contributed by atoms with Crippen molar-refractivity contribution in [3.8, 4) is 0 Å². The van der Waals surface area contributed by atoms with Crippen molar-refractivity contribution in [2.24, 2.45) is 0 Å². The van der Waals surface area contributed by atoms with Crippen molar-refractivity contribution in [3.63, 3.8) is 0 Å². The fourth-order valence-electron chi connectivity index (χ4n) is 1.19. The SMILES string of the molecule is Fc1cc(Cl)c(Nc2cc(Br)ncn2)c(Cl)c1. The fourth-order valence-corrected chi connectivity index (χ4v) is 2.05. The average molecular weight is 337 g/mol. The molecule has 0 aliphatic heterocycles. The number of aromatic nitrogens is 2. The van der Waals surface area contributed by atoms with Crippen LogP contribution < -0.4 is 5.32 Å². The van der Waals surface area contributed by atoms with Crippen LogP contribution in [0.3, 0.4) is 0 Å². The second kappa shape index (κ2) is 5.16. The van der Waals surface area contributed by atoms with Crippen molar-refractivity contribution in [2.75, 3.05) is 5.32 Å². The van der Waals surface area contributed by atoms with E-state index in [4.69, 9.17) is 23.2 Å². The lowest BCUT2D eigenvalue weighted by molar-refractivity contribution is 0.628. The van der Waals surface area contributed by atoms with Gasteiger partial charge in [-0.1, -0.05) is 23.2 Å². The van der Waals surface area contributed by atoms with Crippen LogP contribution in [-0.2, 0) is 0 Å². The monoisotopic (exact) mass is 335 g/mol. The number of hydrogen-bond donors (Lipinski definition) is 1. The van der Waals surface area contributed by atoms with Gasteiger partial charge in [0, 0.05) is 6.07 Å². The highest BCUT2D eigenvalue weighted by atomic mass is 79.9. The molecule has 0 bridgehead atoms. The summed E-state index contributed by atoms with van der Waals surface area (Å²) in [6.07, 6.45) is 1.37. The Morgan fingerprint density at radius 1 is 1.12 bits per heavy atom. The Hall–Kier alpha value is -0.910. The molecule has 1 aromatic carbocycles. The molecule has 7 heteroatoms. The molecule has 0 fully saturated rings. The van der Waals surface area contributed by atoms with E-state index in [1.807, 2.05) is 0 Å². The molecule has 0 saturated heterocycles. The summed E-state index contributed by atoms with van der Waals surface area (Å²) in [5.41, 5.74) is 0.403. The van der Waals surface area contributed by atoms with Crippen molar-refractivity contribution < 1.29 is 4.39 Å². The van der Waals surface area contributed by atoms with Gasteiger partial charge in [0.25, 0.3) is 0 Å². The molecule has 1 aromatic heterocycles. The topological polar surface area (TPSA) is 37.8 Å². The molecule has 0 aliphatic carbocycles. The molecule has 1 heterocycles. The summed E-state index contributed by atoms with van der Waals surface area (Å²) in [7, 11) is 0. The van der Waals surface area contributed by atoms with E-state index >= 15 is 0 Å². The highest BCUT2D eigenvalue weighted by Crippen LogP contribution is 2.33. The lowest BCUT2D eigenvalue weighted by Gasteiger charge is -2.09. The molecule has 0 radical (unpaired) electrons. The van der Waals surface area contributed by atoms with E-state index in [0.29, 0.717) is 16.1 Å². The number of benzene rings is 1. The molecule has 0 unspecified atom stereocenters. The van der Waals surface area contributed by atoms with Gasteiger partial charge in [-0.2, -0.15) is 0 Å². The van der Waals surface area contributed by atoms with Crippen LogP contribution >= 0.6 is 39.1 Å². The quantitative estimate of drug-likeness (QED) is 0.824. The summed E-state index contributed by atoms with van der Waals surface area (Å²) in [5, 5.41) is 3.27. The highest BCUT2D eigenvalue weighted by Gasteiger charge is 2.09. The first-order valence-electron chi connectivity index (χ1n) is 4.45. The van der Waals surface area contributed by atoms with E-state index in [-0.39, 0.29) is 10.0 Å². The van der Waals surface area contributed by atoms with E-state index in [2.05, 4.69) is 31.2 Å². The molecule has 0 aliphatic rings. The van der Waals surface area contributed by atoms with Gasteiger partial charge >= 0.3 is 0 Å². The van der Waals surface area contributed by atoms with Gasteiger partial charge in [0.2, 0.25) is 0 Å². The Morgan fingerprint density at radius 2 is 1.76 bits per heavy atom. The minimum absolute atomic E-state index is 0.185. The van der Waals surface area contributed by atoms with Gasteiger partial charge in [-0.05, 0) is 28.1 Å². The maximum absolute atomic E-state index is 13.0. The Kier molecular flexibility index (Phi) is 3.81. The third-order valence-corrected chi connectivity index (χ3v) is 2.92. The van der Waals surface area contributed by atoms with Gasteiger partial charge in [-0.3, -0.25) is 0 Å². The number of anilines is 2. The third-order valence-electron chi connectivity index (χ3n) is 1.89. The summed E-state index contributed by atoms with van der Waals surface area (Å²) in [6, 6.07) is 3.99. The van der Waals surface area contributed by atoms with Gasteiger partial charge in [0.1, 0.15) is 22.6 Å². The molecule has 17 heavy (non-hydrogen) atoms. The molecule has 0 atom stereocenters. The van der Waals surface area contributed by atoms with Crippen LogP contribution in [0.25, 0.3) is 0 Å². The Bertz CT molecular complexity index is 542. The Labute approximate surface area is 115 Å². The maximum Gasteiger partial charge on any atom is 0.134 e. The fraction of sp³-hybridized carbons (Fsp3) is 0. The van der Waals surface area contributed by atoms with Gasteiger partial charge < -0.3 is 5.32 Å². The predicted octanol–water partition coefficient (Wildman–Crippen LogP) is 4.43. The van der Waals surface area contributed by atoms with E-state index in [0.717, 1.165) is 0 Å². The number of hydrogen-bond acceptors (Lipinski definition) is 3. The second-order valence-electron chi connectivity index (χ2n) is 3.10. The van der Waals surface area contributed by atoms with Crippen LogP contribution in [0.2, 0.25) is 10.0 Å². The number of rotatable bonds is 2. The lowest BCUT2D eigenvalue weighted by Crippen LogP contribution is -1.96. The predicted molar refractivity (Wildman–Crippen MR) is 69.4 cm³/mol. The van der Waals surface area contributed by atoms with Crippen LogP contribution in [-0.4, -0.2) is 9.97 Å². The summed E-state index contributed by atoms with van der Waals surface area (Å²) < 4.78 is 13.6. The van der Waals surface area contributed by atoms with Crippen molar-refractivity contribution in [3.05, 3.63) is 45.0 Å². The number of halogens is 4.